The SMILES string of the molecule is CC(=O)Nc1cc(NCc2cc(F)ccc2Br)ccc1C. The summed E-state index contributed by atoms with van der Waals surface area (Å²) in [4.78, 5) is 11.2. The highest BCUT2D eigenvalue weighted by Crippen LogP contribution is 2.23. The molecule has 3 nitrogen and oxygen atoms in total. The van der Waals surface area contributed by atoms with Gasteiger partial charge in [-0.25, -0.2) is 4.39 Å². The van der Waals surface area contributed by atoms with Gasteiger partial charge >= 0.3 is 0 Å². The Labute approximate surface area is 131 Å². The summed E-state index contributed by atoms with van der Waals surface area (Å²) in [7, 11) is 0. The Hall–Kier alpha value is -1.88. The zero-order valence-corrected chi connectivity index (χ0v) is 13.4. The molecule has 0 aliphatic rings. The molecular formula is C16H16BrFN2O. The molecule has 0 fully saturated rings. The van der Waals surface area contributed by atoms with Crippen LogP contribution in [0.5, 0.6) is 0 Å². The zero-order chi connectivity index (χ0) is 15.4. The molecule has 0 saturated carbocycles. The van der Waals surface area contributed by atoms with Gasteiger partial charge in [0.2, 0.25) is 5.91 Å². The first-order chi connectivity index (χ1) is 9.95. The van der Waals surface area contributed by atoms with Crippen LogP contribution in [0.1, 0.15) is 18.1 Å². The Morgan fingerprint density at radius 3 is 2.71 bits per heavy atom. The van der Waals surface area contributed by atoms with Gasteiger partial charge in [0.15, 0.2) is 0 Å². The van der Waals surface area contributed by atoms with E-state index < -0.39 is 0 Å². The lowest BCUT2D eigenvalue weighted by atomic mass is 10.1. The molecule has 2 aromatic carbocycles. The van der Waals surface area contributed by atoms with E-state index in [-0.39, 0.29) is 11.7 Å². The zero-order valence-electron chi connectivity index (χ0n) is 11.8. The van der Waals surface area contributed by atoms with Crippen molar-refractivity contribution in [1.82, 2.24) is 0 Å². The van der Waals surface area contributed by atoms with E-state index in [9.17, 15) is 9.18 Å². The maximum absolute atomic E-state index is 13.2. The Bertz CT molecular complexity index is 673. The average molecular weight is 351 g/mol. The van der Waals surface area contributed by atoms with E-state index in [2.05, 4.69) is 26.6 Å². The van der Waals surface area contributed by atoms with Gasteiger partial charge in [-0.15, -0.1) is 0 Å². The van der Waals surface area contributed by atoms with E-state index >= 15 is 0 Å². The van der Waals surface area contributed by atoms with E-state index in [1.165, 1.54) is 19.1 Å². The number of hydrogen-bond donors (Lipinski definition) is 2. The number of carbonyl (C=O) groups excluding carboxylic acids is 1. The van der Waals surface area contributed by atoms with Gasteiger partial charge in [0.1, 0.15) is 5.82 Å². The third kappa shape index (κ3) is 4.29. The van der Waals surface area contributed by atoms with Crippen molar-refractivity contribution in [3.05, 3.63) is 57.8 Å². The number of carbonyl (C=O) groups is 1. The van der Waals surface area contributed by atoms with Gasteiger partial charge in [0, 0.05) is 29.3 Å². The second-order valence-corrected chi connectivity index (χ2v) is 5.65. The average Bonchev–Trinajstić information content (AvgIpc) is 2.42. The van der Waals surface area contributed by atoms with Crippen molar-refractivity contribution in [2.45, 2.75) is 20.4 Å². The van der Waals surface area contributed by atoms with Gasteiger partial charge in [0.05, 0.1) is 0 Å². The highest BCUT2D eigenvalue weighted by molar-refractivity contribution is 9.10. The molecule has 0 radical (unpaired) electrons. The van der Waals surface area contributed by atoms with Crippen LogP contribution in [-0.4, -0.2) is 5.91 Å². The molecule has 0 saturated heterocycles. The molecular weight excluding hydrogens is 335 g/mol. The maximum Gasteiger partial charge on any atom is 0.221 e. The minimum atomic E-state index is -0.266. The number of aryl methyl sites for hydroxylation is 1. The standard InChI is InChI=1S/C16H16BrFN2O/c1-10-3-5-14(8-16(10)20-11(2)21)19-9-12-7-13(18)4-6-15(12)17/h3-8,19H,9H2,1-2H3,(H,20,21). The van der Waals surface area contributed by atoms with Gasteiger partial charge in [0.25, 0.3) is 0 Å². The summed E-state index contributed by atoms with van der Waals surface area (Å²) in [5, 5.41) is 6.01. The first kappa shape index (κ1) is 15.5. The topological polar surface area (TPSA) is 41.1 Å². The van der Waals surface area contributed by atoms with Crippen LogP contribution in [0.3, 0.4) is 0 Å². The van der Waals surface area contributed by atoms with Crippen LogP contribution >= 0.6 is 15.9 Å². The fraction of sp³-hybridized carbons (Fsp3) is 0.188. The van der Waals surface area contributed by atoms with Crippen LogP contribution in [0.2, 0.25) is 0 Å². The molecule has 0 aromatic heterocycles. The summed E-state index contributed by atoms with van der Waals surface area (Å²) in [6.07, 6.45) is 0. The van der Waals surface area contributed by atoms with Crippen molar-refractivity contribution in [3.8, 4) is 0 Å². The summed E-state index contributed by atoms with van der Waals surface area (Å²) in [5.74, 6) is -0.374. The molecule has 0 aliphatic heterocycles. The fourth-order valence-corrected chi connectivity index (χ4v) is 2.32. The molecule has 0 bridgehead atoms. The third-order valence-electron chi connectivity index (χ3n) is 3.04. The highest BCUT2D eigenvalue weighted by Gasteiger charge is 2.04. The summed E-state index contributed by atoms with van der Waals surface area (Å²) >= 11 is 3.40. The molecule has 2 aromatic rings. The van der Waals surface area contributed by atoms with Gasteiger partial charge in [-0.1, -0.05) is 22.0 Å². The molecule has 5 heteroatoms. The van der Waals surface area contributed by atoms with Crippen molar-refractivity contribution in [1.29, 1.82) is 0 Å². The Kier molecular flexibility index (Phi) is 4.96. The van der Waals surface area contributed by atoms with Crippen LogP contribution in [-0.2, 0) is 11.3 Å². The summed E-state index contributed by atoms with van der Waals surface area (Å²) in [6, 6.07) is 10.3. The monoisotopic (exact) mass is 350 g/mol. The minimum absolute atomic E-state index is 0.108. The van der Waals surface area contributed by atoms with Gasteiger partial charge in [-0.05, 0) is 48.4 Å². The molecule has 110 valence electrons. The van der Waals surface area contributed by atoms with Crippen LogP contribution in [0.15, 0.2) is 40.9 Å². The number of amides is 1. The van der Waals surface area contributed by atoms with Gasteiger partial charge in [-0.2, -0.15) is 0 Å². The quantitative estimate of drug-likeness (QED) is 0.854. The third-order valence-corrected chi connectivity index (χ3v) is 3.81. The van der Waals surface area contributed by atoms with Gasteiger partial charge in [-0.3, -0.25) is 4.79 Å². The second-order valence-electron chi connectivity index (χ2n) is 4.80. The molecule has 2 rings (SSSR count). The van der Waals surface area contributed by atoms with Crippen LogP contribution in [0.4, 0.5) is 15.8 Å². The molecule has 0 heterocycles. The number of rotatable bonds is 4. The number of halogens is 2. The van der Waals surface area contributed by atoms with Crippen LogP contribution in [0, 0.1) is 12.7 Å². The van der Waals surface area contributed by atoms with E-state index in [4.69, 9.17) is 0 Å². The summed E-state index contributed by atoms with van der Waals surface area (Å²) in [5.41, 5.74) is 3.45. The largest absolute Gasteiger partial charge is 0.381 e. The van der Waals surface area contributed by atoms with E-state index in [1.807, 2.05) is 25.1 Å². The lowest BCUT2D eigenvalue weighted by Gasteiger charge is -2.12. The van der Waals surface area contributed by atoms with Crippen LogP contribution < -0.4 is 10.6 Å². The fourth-order valence-electron chi connectivity index (χ4n) is 1.93. The van der Waals surface area contributed by atoms with Gasteiger partial charge < -0.3 is 10.6 Å². The molecule has 21 heavy (non-hydrogen) atoms. The molecule has 1 amide bonds. The first-order valence-corrected chi connectivity index (χ1v) is 7.31. The minimum Gasteiger partial charge on any atom is -0.381 e. The Morgan fingerprint density at radius 2 is 2.00 bits per heavy atom. The molecule has 0 spiro atoms. The normalized spacial score (nSPS) is 10.3. The lowest BCUT2D eigenvalue weighted by molar-refractivity contribution is -0.114. The second kappa shape index (κ2) is 6.72. The van der Waals surface area contributed by atoms with E-state index in [1.54, 1.807) is 6.07 Å². The Morgan fingerprint density at radius 1 is 1.24 bits per heavy atom. The molecule has 2 N–H and O–H groups in total. The summed E-state index contributed by atoms with van der Waals surface area (Å²) < 4.78 is 14.1. The van der Waals surface area contributed by atoms with Crippen molar-refractivity contribution < 1.29 is 9.18 Å². The van der Waals surface area contributed by atoms with Crippen molar-refractivity contribution in [3.63, 3.8) is 0 Å². The predicted octanol–water partition coefficient (Wildman–Crippen LogP) is 4.47. The molecule has 0 aliphatic carbocycles. The molecule has 0 unspecified atom stereocenters. The number of anilines is 2. The van der Waals surface area contributed by atoms with Crippen LogP contribution in [0.25, 0.3) is 0 Å². The number of benzene rings is 2. The van der Waals surface area contributed by atoms with E-state index in [0.29, 0.717) is 6.54 Å². The number of nitrogens with one attached hydrogen (secondary N) is 2. The maximum atomic E-state index is 13.2. The number of hydrogen-bond acceptors (Lipinski definition) is 2. The smallest absolute Gasteiger partial charge is 0.221 e. The molecule has 0 atom stereocenters. The first-order valence-electron chi connectivity index (χ1n) is 6.52. The van der Waals surface area contributed by atoms with Crippen molar-refractivity contribution in [2.75, 3.05) is 10.6 Å². The van der Waals surface area contributed by atoms with Crippen molar-refractivity contribution in [2.24, 2.45) is 0 Å². The summed E-state index contributed by atoms with van der Waals surface area (Å²) in [6.45, 7) is 3.89. The lowest BCUT2D eigenvalue weighted by Crippen LogP contribution is -2.08. The predicted molar refractivity (Wildman–Crippen MR) is 86.9 cm³/mol. The van der Waals surface area contributed by atoms with E-state index in [0.717, 1.165) is 27.0 Å². The Balaban J connectivity index is 2.13. The highest BCUT2D eigenvalue weighted by atomic mass is 79.9. The van der Waals surface area contributed by atoms with Crippen molar-refractivity contribution >= 4 is 33.2 Å².